The van der Waals surface area contributed by atoms with Crippen molar-refractivity contribution in [1.82, 2.24) is 0 Å². The summed E-state index contributed by atoms with van der Waals surface area (Å²) in [4.78, 5) is 10.7. The fourth-order valence-corrected chi connectivity index (χ4v) is 4.26. The average molecular weight is 358 g/mol. The molecule has 1 rings (SSSR count). The standard InChI is InChI=1S/C12H18Cl2NO5P/c1-9-7-11(15(16)17)12(8-10(9)2)21(18,19-5-3-13)20-6-4-14/h3-8H2,1-2H3. The van der Waals surface area contributed by atoms with Gasteiger partial charge in [-0.05, 0) is 13.8 Å². The van der Waals surface area contributed by atoms with Gasteiger partial charge in [0.05, 0.1) is 24.6 Å². The topological polar surface area (TPSA) is 78.7 Å². The summed E-state index contributed by atoms with van der Waals surface area (Å²) in [5.74, 6) is 0.228. The molecule has 0 heterocycles. The summed E-state index contributed by atoms with van der Waals surface area (Å²) in [6.07, 6.45) is 0.330. The summed E-state index contributed by atoms with van der Waals surface area (Å²) in [6, 6.07) is 0. The van der Waals surface area contributed by atoms with Gasteiger partial charge in [0.15, 0.2) is 0 Å². The molecule has 0 aromatic rings. The van der Waals surface area contributed by atoms with Crippen LogP contribution in [0.25, 0.3) is 0 Å². The fraction of sp³-hybridized carbons (Fsp3) is 0.667. The minimum Gasteiger partial charge on any atom is -0.304 e. The van der Waals surface area contributed by atoms with Crippen LogP contribution in [-0.2, 0) is 13.6 Å². The first kappa shape index (κ1) is 18.7. The van der Waals surface area contributed by atoms with Crippen molar-refractivity contribution in [1.29, 1.82) is 0 Å². The maximum Gasteiger partial charge on any atom is 0.364 e. The molecule has 0 unspecified atom stereocenters. The Morgan fingerprint density at radius 2 is 1.62 bits per heavy atom. The first-order valence-electron chi connectivity index (χ1n) is 6.39. The van der Waals surface area contributed by atoms with Gasteiger partial charge in [-0.3, -0.25) is 14.7 Å². The van der Waals surface area contributed by atoms with E-state index in [2.05, 4.69) is 0 Å². The number of nitro groups is 1. The second kappa shape index (κ2) is 8.30. The third-order valence-corrected chi connectivity index (χ3v) is 5.59. The SMILES string of the molecule is CC1=C(C)CC(P(=O)(OCCCl)OCCCl)=C([N+](=O)[O-])C1. The number of alkyl halides is 2. The molecule has 0 radical (unpaired) electrons. The van der Waals surface area contributed by atoms with Crippen molar-refractivity contribution in [2.75, 3.05) is 25.0 Å². The highest BCUT2D eigenvalue weighted by Crippen LogP contribution is 2.60. The lowest BCUT2D eigenvalue weighted by Crippen LogP contribution is -2.13. The Labute approximate surface area is 133 Å². The second-order valence-electron chi connectivity index (χ2n) is 4.61. The van der Waals surface area contributed by atoms with Crippen molar-refractivity contribution in [3.05, 3.63) is 32.3 Å². The average Bonchev–Trinajstić information content (AvgIpc) is 2.45. The molecule has 0 spiro atoms. The van der Waals surface area contributed by atoms with Crippen molar-refractivity contribution in [2.45, 2.75) is 26.7 Å². The van der Waals surface area contributed by atoms with Crippen molar-refractivity contribution in [2.24, 2.45) is 0 Å². The van der Waals surface area contributed by atoms with Crippen molar-refractivity contribution >= 4 is 30.8 Å². The van der Waals surface area contributed by atoms with E-state index < -0.39 is 12.5 Å². The van der Waals surface area contributed by atoms with Gasteiger partial charge >= 0.3 is 7.60 Å². The highest BCUT2D eigenvalue weighted by atomic mass is 35.5. The molecule has 120 valence electrons. The Morgan fingerprint density at radius 1 is 1.14 bits per heavy atom. The molecule has 0 atom stereocenters. The number of allylic oxidation sites excluding steroid dienone is 3. The molecule has 0 N–H and O–H groups in total. The maximum atomic E-state index is 12.9. The van der Waals surface area contributed by atoms with Crippen molar-refractivity contribution in [3.63, 3.8) is 0 Å². The van der Waals surface area contributed by atoms with E-state index in [0.29, 0.717) is 0 Å². The Balaban J connectivity index is 3.21. The van der Waals surface area contributed by atoms with E-state index in [-0.39, 0.29) is 48.8 Å². The zero-order valence-electron chi connectivity index (χ0n) is 11.9. The first-order valence-corrected chi connectivity index (χ1v) is 9.00. The third kappa shape index (κ3) is 4.80. The van der Waals surface area contributed by atoms with Gasteiger partial charge in [-0.15, -0.1) is 23.2 Å². The molecule has 6 nitrogen and oxygen atoms in total. The van der Waals surface area contributed by atoms with Gasteiger partial charge in [-0.2, -0.15) is 0 Å². The normalized spacial score (nSPS) is 16.6. The molecule has 21 heavy (non-hydrogen) atoms. The number of hydrogen-bond acceptors (Lipinski definition) is 5. The number of halogens is 2. The summed E-state index contributed by atoms with van der Waals surface area (Å²) >= 11 is 11.1. The maximum absolute atomic E-state index is 12.9. The molecule has 0 saturated carbocycles. The number of rotatable bonds is 8. The minimum atomic E-state index is -3.77. The third-order valence-electron chi connectivity index (χ3n) is 3.15. The molecule has 0 aliphatic heterocycles. The Hall–Kier alpha value is -0.390. The van der Waals surface area contributed by atoms with Crippen LogP contribution in [0.15, 0.2) is 22.2 Å². The van der Waals surface area contributed by atoms with Gasteiger partial charge < -0.3 is 9.05 Å². The van der Waals surface area contributed by atoms with E-state index in [0.717, 1.165) is 11.1 Å². The zero-order valence-corrected chi connectivity index (χ0v) is 14.3. The van der Waals surface area contributed by atoms with E-state index in [4.69, 9.17) is 32.2 Å². The summed E-state index contributed by atoms with van der Waals surface area (Å²) in [5, 5.41) is 11.4. The van der Waals surface area contributed by atoms with Crippen molar-refractivity contribution < 1.29 is 18.5 Å². The van der Waals surface area contributed by atoms with Crippen LogP contribution in [-0.4, -0.2) is 29.9 Å². The largest absolute Gasteiger partial charge is 0.364 e. The molecule has 9 heteroatoms. The number of nitrogens with zero attached hydrogens (tertiary/aromatic N) is 1. The van der Waals surface area contributed by atoms with E-state index in [1.54, 1.807) is 0 Å². The highest BCUT2D eigenvalue weighted by Gasteiger charge is 2.40. The Kier molecular flexibility index (Phi) is 7.37. The summed E-state index contributed by atoms with van der Waals surface area (Å²) in [7, 11) is -3.77. The van der Waals surface area contributed by atoms with Gasteiger partial charge in [0.1, 0.15) is 5.31 Å². The van der Waals surface area contributed by atoms with Crippen LogP contribution >= 0.6 is 30.8 Å². The van der Waals surface area contributed by atoms with E-state index in [9.17, 15) is 14.7 Å². The molecule has 0 bridgehead atoms. The van der Waals surface area contributed by atoms with Crippen LogP contribution in [0, 0.1) is 10.1 Å². The lowest BCUT2D eigenvalue weighted by atomic mass is 9.97. The summed E-state index contributed by atoms with van der Waals surface area (Å²) < 4.78 is 23.4. The second-order valence-corrected chi connectivity index (χ2v) is 7.41. The van der Waals surface area contributed by atoms with Crippen LogP contribution < -0.4 is 0 Å². The molecular formula is C12H18Cl2NO5P. The number of hydrogen-bond donors (Lipinski definition) is 0. The molecule has 0 saturated heterocycles. The van der Waals surface area contributed by atoms with Gasteiger partial charge in [0.25, 0.3) is 5.70 Å². The van der Waals surface area contributed by atoms with E-state index in [1.807, 2.05) is 13.8 Å². The van der Waals surface area contributed by atoms with E-state index >= 15 is 0 Å². The smallest absolute Gasteiger partial charge is 0.304 e. The van der Waals surface area contributed by atoms with Crippen LogP contribution in [0.1, 0.15) is 26.7 Å². The first-order chi connectivity index (χ1) is 9.85. The molecule has 1 aliphatic rings. The quantitative estimate of drug-likeness (QED) is 0.212. The fourth-order valence-electron chi connectivity index (χ4n) is 1.94. The van der Waals surface area contributed by atoms with Gasteiger partial charge in [-0.1, -0.05) is 11.1 Å². The zero-order chi connectivity index (χ0) is 16.0. The summed E-state index contributed by atoms with van der Waals surface area (Å²) in [6.45, 7) is 3.63. The summed E-state index contributed by atoms with van der Waals surface area (Å²) in [5.41, 5.74) is 1.71. The lowest BCUT2D eigenvalue weighted by Gasteiger charge is -2.24. The van der Waals surface area contributed by atoms with Crippen LogP contribution in [0.3, 0.4) is 0 Å². The lowest BCUT2D eigenvalue weighted by molar-refractivity contribution is -0.428. The van der Waals surface area contributed by atoms with Crippen LogP contribution in [0.2, 0.25) is 0 Å². The van der Waals surface area contributed by atoms with Gasteiger partial charge in [0, 0.05) is 18.2 Å². The molecular weight excluding hydrogens is 340 g/mol. The molecule has 1 aliphatic carbocycles. The predicted molar refractivity (Wildman–Crippen MR) is 82.6 cm³/mol. The van der Waals surface area contributed by atoms with Gasteiger partial charge in [0.2, 0.25) is 0 Å². The Morgan fingerprint density at radius 3 is 2.05 bits per heavy atom. The monoisotopic (exact) mass is 357 g/mol. The Bertz CT molecular complexity index is 506. The van der Waals surface area contributed by atoms with Gasteiger partial charge in [-0.25, -0.2) is 0 Å². The predicted octanol–water partition coefficient (Wildman–Crippen LogP) is 4.31. The van der Waals surface area contributed by atoms with E-state index in [1.165, 1.54) is 0 Å². The molecule has 0 aromatic heterocycles. The highest BCUT2D eigenvalue weighted by molar-refractivity contribution is 7.58. The molecule has 0 aromatic carbocycles. The minimum absolute atomic E-state index is 0.0165. The van der Waals surface area contributed by atoms with Crippen LogP contribution in [0.5, 0.6) is 0 Å². The van der Waals surface area contributed by atoms with Crippen LogP contribution in [0.4, 0.5) is 0 Å². The van der Waals surface area contributed by atoms with Crippen molar-refractivity contribution in [3.8, 4) is 0 Å². The molecule has 0 fully saturated rings. The molecule has 0 amide bonds.